The van der Waals surface area contributed by atoms with Crippen LogP contribution in [0.25, 0.3) is 0 Å². The molecule has 1 fully saturated rings. The van der Waals surface area contributed by atoms with Crippen LogP contribution in [-0.2, 0) is 13.1 Å². The van der Waals surface area contributed by atoms with Gasteiger partial charge in [0.2, 0.25) is 5.95 Å². The molecule has 0 atom stereocenters. The Morgan fingerprint density at radius 2 is 1.83 bits per heavy atom. The van der Waals surface area contributed by atoms with Crippen LogP contribution in [0.15, 0.2) is 53.3 Å². The minimum Gasteiger partial charge on any atom is -0.297 e. The maximum absolute atomic E-state index is 13.6. The standard InChI is InChI=1S/C23H22Cl2N4O/c1-15-19(11-16-5-3-2-4-6-16)22(30)29-14-27(18-8-9-18)13-28(23(29)26-15)21-10-7-17(24)12-20(21)25/h2-7,10,12,18H,8-9,11,13-14H2,1H3. The number of halogens is 2. The van der Waals surface area contributed by atoms with Gasteiger partial charge in [-0.05, 0) is 43.5 Å². The monoisotopic (exact) mass is 440 g/mol. The second kappa shape index (κ2) is 7.73. The molecule has 5 nitrogen and oxygen atoms in total. The minimum atomic E-state index is 0.0155. The van der Waals surface area contributed by atoms with E-state index in [1.54, 1.807) is 10.6 Å². The third-order valence-electron chi connectivity index (χ3n) is 5.82. The molecule has 154 valence electrons. The molecule has 30 heavy (non-hydrogen) atoms. The highest BCUT2D eigenvalue weighted by Gasteiger charge is 2.36. The van der Waals surface area contributed by atoms with Crippen molar-refractivity contribution >= 4 is 34.8 Å². The van der Waals surface area contributed by atoms with Crippen LogP contribution < -0.4 is 10.5 Å². The SMILES string of the molecule is Cc1nc2n(c(=O)c1Cc1ccccc1)CN(C1CC1)CN2c1ccc(Cl)cc1Cl. The fourth-order valence-corrected chi connectivity index (χ4v) is 4.56. The number of anilines is 2. The Morgan fingerprint density at radius 1 is 1.07 bits per heavy atom. The second-order valence-corrected chi connectivity index (χ2v) is 8.84. The summed E-state index contributed by atoms with van der Waals surface area (Å²) in [6.07, 6.45) is 2.88. The number of aryl methyl sites for hydroxylation is 1. The molecule has 0 radical (unpaired) electrons. The molecule has 1 saturated carbocycles. The van der Waals surface area contributed by atoms with Crippen molar-refractivity contribution in [3.8, 4) is 0 Å². The second-order valence-electron chi connectivity index (χ2n) is 8.00. The third kappa shape index (κ3) is 3.62. The highest BCUT2D eigenvalue weighted by atomic mass is 35.5. The van der Waals surface area contributed by atoms with Crippen molar-refractivity contribution in [3.05, 3.63) is 85.8 Å². The summed E-state index contributed by atoms with van der Waals surface area (Å²) in [5.74, 6) is 0.635. The van der Waals surface area contributed by atoms with E-state index in [2.05, 4.69) is 4.90 Å². The number of rotatable bonds is 4. The van der Waals surface area contributed by atoms with Gasteiger partial charge in [0, 0.05) is 23.0 Å². The van der Waals surface area contributed by atoms with E-state index in [1.165, 1.54) is 0 Å². The number of fused-ring (bicyclic) bond motifs is 1. The average Bonchev–Trinajstić information content (AvgIpc) is 3.57. The van der Waals surface area contributed by atoms with E-state index in [9.17, 15) is 4.79 Å². The van der Waals surface area contributed by atoms with Crippen molar-refractivity contribution in [1.29, 1.82) is 0 Å². The molecule has 2 heterocycles. The zero-order valence-corrected chi connectivity index (χ0v) is 18.2. The van der Waals surface area contributed by atoms with Crippen molar-refractivity contribution in [2.24, 2.45) is 0 Å². The van der Waals surface area contributed by atoms with Crippen molar-refractivity contribution < 1.29 is 0 Å². The minimum absolute atomic E-state index is 0.0155. The van der Waals surface area contributed by atoms with Crippen LogP contribution in [-0.4, -0.2) is 27.2 Å². The quantitative estimate of drug-likeness (QED) is 0.573. The number of hydrogen-bond acceptors (Lipinski definition) is 4. The van der Waals surface area contributed by atoms with Gasteiger partial charge in [0.15, 0.2) is 0 Å². The number of benzene rings is 2. The van der Waals surface area contributed by atoms with Crippen LogP contribution in [0.5, 0.6) is 0 Å². The van der Waals surface area contributed by atoms with Gasteiger partial charge in [-0.3, -0.25) is 19.2 Å². The predicted molar refractivity (Wildman–Crippen MR) is 121 cm³/mol. The summed E-state index contributed by atoms with van der Waals surface area (Å²) in [5.41, 5.74) is 3.42. The lowest BCUT2D eigenvalue weighted by atomic mass is 10.1. The average molecular weight is 441 g/mol. The van der Waals surface area contributed by atoms with Crippen LogP contribution in [0.2, 0.25) is 10.0 Å². The van der Waals surface area contributed by atoms with Gasteiger partial charge in [-0.25, -0.2) is 4.98 Å². The van der Waals surface area contributed by atoms with Crippen LogP contribution >= 0.6 is 23.2 Å². The molecule has 0 bridgehead atoms. The molecule has 0 spiro atoms. The molecular weight excluding hydrogens is 419 g/mol. The molecule has 0 unspecified atom stereocenters. The molecular formula is C23H22Cl2N4O. The molecule has 7 heteroatoms. The van der Waals surface area contributed by atoms with Gasteiger partial charge in [-0.2, -0.15) is 0 Å². The Bertz CT molecular complexity index is 1160. The van der Waals surface area contributed by atoms with E-state index in [4.69, 9.17) is 28.2 Å². The lowest BCUT2D eigenvalue weighted by Crippen LogP contribution is -2.48. The first-order valence-corrected chi connectivity index (χ1v) is 10.9. The third-order valence-corrected chi connectivity index (χ3v) is 6.36. The molecule has 2 aliphatic rings. The summed E-state index contributed by atoms with van der Waals surface area (Å²) < 4.78 is 1.79. The topological polar surface area (TPSA) is 41.4 Å². The Balaban J connectivity index is 1.62. The largest absolute Gasteiger partial charge is 0.297 e. The number of hydrogen-bond donors (Lipinski definition) is 0. The Kier molecular flexibility index (Phi) is 5.05. The number of nitrogens with zero attached hydrogens (tertiary/aromatic N) is 4. The molecule has 1 aliphatic carbocycles. The summed E-state index contributed by atoms with van der Waals surface area (Å²) >= 11 is 12.6. The molecule has 3 aromatic rings. The van der Waals surface area contributed by atoms with E-state index in [0.717, 1.165) is 35.3 Å². The maximum atomic E-state index is 13.6. The van der Waals surface area contributed by atoms with Crippen LogP contribution in [0, 0.1) is 6.92 Å². The van der Waals surface area contributed by atoms with Crippen LogP contribution in [0.1, 0.15) is 29.7 Å². The first-order chi connectivity index (χ1) is 14.5. The fourth-order valence-electron chi connectivity index (χ4n) is 4.05. The van der Waals surface area contributed by atoms with E-state index < -0.39 is 0 Å². The van der Waals surface area contributed by atoms with Crippen molar-refractivity contribution in [3.63, 3.8) is 0 Å². The van der Waals surface area contributed by atoms with Gasteiger partial charge < -0.3 is 0 Å². The lowest BCUT2D eigenvalue weighted by molar-refractivity contribution is 0.188. The van der Waals surface area contributed by atoms with E-state index in [1.807, 2.05) is 54.3 Å². The van der Waals surface area contributed by atoms with Crippen molar-refractivity contribution in [2.75, 3.05) is 11.6 Å². The van der Waals surface area contributed by atoms with Crippen LogP contribution in [0.3, 0.4) is 0 Å². The van der Waals surface area contributed by atoms with Crippen molar-refractivity contribution in [1.82, 2.24) is 14.5 Å². The first-order valence-electron chi connectivity index (χ1n) is 10.1. The van der Waals surface area contributed by atoms with Gasteiger partial charge in [0.1, 0.15) is 0 Å². The normalized spacial score (nSPS) is 16.6. The van der Waals surface area contributed by atoms with Crippen LogP contribution in [0.4, 0.5) is 11.6 Å². The van der Waals surface area contributed by atoms with Gasteiger partial charge in [0.25, 0.3) is 5.56 Å². The van der Waals surface area contributed by atoms with Gasteiger partial charge in [-0.1, -0.05) is 53.5 Å². The molecule has 0 saturated heterocycles. The molecule has 5 rings (SSSR count). The van der Waals surface area contributed by atoms with Gasteiger partial charge in [-0.15, -0.1) is 0 Å². The Hall–Kier alpha value is -2.34. The molecule has 1 aromatic heterocycles. The highest BCUT2D eigenvalue weighted by Crippen LogP contribution is 2.37. The van der Waals surface area contributed by atoms with E-state index >= 15 is 0 Å². The summed E-state index contributed by atoms with van der Waals surface area (Å²) in [7, 11) is 0. The fraction of sp³-hybridized carbons (Fsp3) is 0.304. The van der Waals surface area contributed by atoms with E-state index in [-0.39, 0.29) is 5.56 Å². The first kappa shape index (κ1) is 19.6. The molecule has 0 amide bonds. The van der Waals surface area contributed by atoms with Gasteiger partial charge >= 0.3 is 0 Å². The summed E-state index contributed by atoms with van der Waals surface area (Å²) in [5, 5.41) is 1.13. The molecule has 1 aliphatic heterocycles. The Morgan fingerprint density at radius 3 is 2.53 bits per heavy atom. The van der Waals surface area contributed by atoms with Gasteiger partial charge in [0.05, 0.1) is 29.7 Å². The molecule has 0 N–H and O–H groups in total. The lowest BCUT2D eigenvalue weighted by Gasteiger charge is -2.39. The Labute approximate surface area is 185 Å². The maximum Gasteiger partial charge on any atom is 0.259 e. The number of aromatic nitrogens is 2. The predicted octanol–water partition coefficient (Wildman–Crippen LogP) is 4.98. The zero-order chi connectivity index (χ0) is 20.8. The smallest absolute Gasteiger partial charge is 0.259 e. The molecule has 2 aromatic carbocycles. The van der Waals surface area contributed by atoms with E-state index in [0.29, 0.717) is 41.8 Å². The summed E-state index contributed by atoms with van der Waals surface area (Å²) in [6.45, 7) is 3.11. The highest BCUT2D eigenvalue weighted by molar-refractivity contribution is 6.36. The zero-order valence-electron chi connectivity index (χ0n) is 16.7. The summed E-state index contributed by atoms with van der Waals surface area (Å²) in [4.78, 5) is 22.8. The summed E-state index contributed by atoms with van der Waals surface area (Å²) in [6, 6.07) is 16.0. The van der Waals surface area contributed by atoms with Crippen molar-refractivity contribution in [2.45, 2.75) is 38.9 Å².